The molecule has 1 heterocycles. The smallest absolute Gasteiger partial charge is 0.371 e. The monoisotopic (exact) mass is 285 g/mol. The molecule has 1 aromatic carbocycles. The standard InChI is InChI=1S/C15H11NO5/c1-2-9-3-5-10(6-4-9)16-14(18)12-7-11(17)8-13(21-12)15(19)20/h2-8H,1H2,(H,16,18)(H,19,20). The summed E-state index contributed by atoms with van der Waals surface area (Å²) in [4.78, 5) is 34.1. The van der Waals surface area contributed by atoms with Gasteiger partial charge in [-0.1, -0.05) is 24.8 Å². The van der Waals surface area contributed by atoms with Crippen molar-refractivity contribution in [3.63, 3.8) is 0 Å². The first-order valence-electron chi connectivity index (χ1n) is 5.92. The number of amides is 1. The van der Waals surface area contributed by atoms with Crippen LogP contribution in [-0.2, 0) is 0 Å². The summed E-state index contributed by atoms with van der Waals surface area (Å²) < 4.78 is 4.87. The van der Waals surface area contributed by atoms with Crippen LogP contribution in [0.25, 0.3) is 6.08 Å². The Morgan fingerprint density at radius 2 is 1.76 bits per heavy atom. The van der Waals surface area contributed by atoms with E-state index in [1.54, 1.807) is 30.3 Å². The molecule has 106 valence electrons. The molecule has 2 N–H and O–H groups in total. The summed E-state index contributed by atoms with van der Waals surface area (Å²) in [6.07, 6.45) is 1.65. The number of anilines is 1. The van der Waals surface area contributed by atoms with Crippen molar-refractivity contribution in [3.8, 4) is 0 Å². The predicted octanol–water partition coefficient (Wildman–Crippen LogP) is 2.23. The van der Waals surface area contributed by atoms with Gasteiger partial charge >= 0.3 is 5.97 Å². The zero-order valence-electron chi connectivity index (χ0n) is 10.8. The Hall–Kier alpha value is -3.15. The number of carboxylic acids is 1. The lowest BCUT2D eigenvalue weighted by Gasteiger charge is -2.05. The third-order valence-corrected chi connectivity index (χ3v) is 2.61. The summed E-state index contributed by atoms with van der Waals surface area (Å²) in [6.45, 7) is 3.61. The highest BCUT2D eigenvalue weighted by Crippen LogP contribution is 2.12. The van der Waals surface area contributed by atoms with E-state index in [0.29, 0.717) is 5.69 Å². The van der Waals surface area contributed by atoms with Crippen molar-refractivity contribution in [3.05, 3.63) is 70.3 Å². The second-order valence-corrected chi connectivity index (χ2v) is 4.11. The number of hydrogen-bond donors (Lipinski definition) is 2. The third-order valence-electron chi connectivity index (χ3n) is 2.61. The van der Waals surface area contributed by atoms with E-state index in [-0.39, 0.29) is 5.76 Å². The molecule has 0 saturated heterocycles. The lowest BCUT2D eigenvalue weighted by molar-refractivity contribution is 0.0656. The zero-order chi connectivity index (χ0) is 15.4. The number of hydrogen-bond acceptors (Lipinski definition) is 4. The van der Waals surface area contributed by atoms with Crippen LogP contribution in [0.2, 0.25) is 0 Å². The van der Waals surface area contributed by atoms with Gasteiger partial charge < -0.3 is 14.8 Å². The molecule has 2 rings (SSSR count). The molecule has 0 radical (unpaired) electrons. The van der Waals surface area contributed by atoms with Crippen LogP contribution in [0.4, 0.5) is 5.69 Å². The maximum absolute atomic E-state index is 11.9. The predicted molar refractivity (Wildman–Crippen MR) is 76.4 cm³/mol. The molecule has 0 aliphatic heterocycles. The van der Waals surface area contributed by atoms with Gasteiger partial charge in [0.15, 0.2) is 11.2 Å². The highest BCUT2D eigenvalue weighted by molar-refractivity contribution is 6.02. The molecule has 0 aliphatic carbocycles. The molecule has 2 aromatic rings. The quantitative estimate of drug-likeness (QED) is 0.897. The van der Waals surface area contributed by atoms with E-state index in [9.17, 15) is 14.4 Å². The van der Waals surface area contributed by atoms with E-state index in [1.807, 2.05) is 0 Å². The Labute approximate surface area is 119 Å². The van der Waals surface area contributed by atoms with E-state index >= 15 is 0 Å². The Balaban J connectivity index is 2.25. The molecule has 1 aromatic heterocycles. The highest BCUT2D eigenvalue weighted by Gasteiger charge is 2.14. The molecule has 0 unspecified atom stereocenters. The van der Waals surface area contributed by atoms with Crippen LogP contribution in [0, 0.1) is 0 Å². The molecule has 0 saturated carbocycles. The minimum atomic E-state index is -1.42. The summed E-state index contributed by atoms with van der Waals surface area (Å²) in [5, 5.41) is 11.3. The van der Waals surface area contributed by atoms with E-state index < -0.39 is 23.1 Å². The number of carboxylic acid groups (broad SMARTS) is 1. The molecule has 0 spiro atoms. The third kappa shape index (κ3) is 3.44. The van der Waals surface area contributed by atoms with Gasteiger partial charge in [0.05, 0.1) is 0 Å². The van der Waals surface area contributed by atoms with Crippen molar-refractivity contribution in [1.29, 1.82) is 0 Å². The van der Waals surface area contributed by atoms with Crippen LogP contribution in [0.3, 0.4) is 0 Å². The fourth-order valence-electron chi connectivity index (χ4n) is 1.59. The number of rotatable bonds is 4. The van der Waals surface area contributed by atoms with Gasteiger partial charge in [0.1, 0.15) is 0 Å². The second kappa shape index (κ2) is 5.87. The summed E-state index contributed by atoms with van der Waals surface area (Å²) in [5.74, 6) is -3.08. The molecule has 6 nitrogen and oxygen atoms in total. The summed E-state index contributed by atoms with van der Waals surface area (Å²) in [5.41, 5.74) is 0.743. The highest BCUT2D eigenvalue weighted by atomic mass is 16.4. The second-order valence-electron chi connectivity index (χ2n) is 4.11. The molecule has 0 fully saturated rings. The summed E-state index contributed by atoms with van der Waals surface area (Å²) >= 11 is 0. The molecule has 0 atom stereocenters. The Kier molecular flexibility index (Phi) is 3.99. The largest absolute Gasteiger partial charge is 0.475 e. The minimum Gasteiger partial charge on any atom is -0.475 e. The van der Waals surface area contributed by atoms with Gasteiger partial charge in [-0.2, -0.15) is 0 Å². The van der Waals surface area contributed by atoms with Gasteiger partial charge in [0.25, 0.3) is 5.91 Å². The van der Waals surface area contributed by atoms with E-state index in [0.717, 1.165) is 17.7 Å². The number of nitrogens with one attached hydrogen (secondary N) is 1. The molecule has 6 heteroatoms. The van der Waals surface area contributed by atoms with Crippen molar-refractivity contribution < 1.29 is 19.1 Å². The van der Waals surface area contributed by atoms with E-state index in [4.69, 9.17) is 9.52 Å². The number of aromatic carboxylic acids is 1. The first-order chi connectivity index (χ1) is 9.99. The fourth-order valence-corrected chi connectivity index (χ4v) is 1.59. The van der Waals surface area contributed by atoms with Crippen molar-refractivity contribution in [2.75, 3.05) is 5.32 Å². The minimum absolute atomic E-state index is 0.368. The first kappa shape index (κ1) is 14.3. The molecular formula is C15H11NO5. The normalized spacial score (nSPS) is 9.90. The number of carbonyl (C=O) groups excluding carboxylic acids is 1. The van der Waals surface area contributed by atoms with Gasteiger partial charge in [-0.15, -0.1) is 0 Å². The maximum Gasteiger partial charge on any atom is 0.371 e. The molecule has 0 aliphatic rings. The summed E-state index contributed by atoms with van der Waals surface area (Å²) in [7, 11) is 0. The Morgan fingerprint density at radius 1 is 1.14 bits per heavy atom. The fraction of sp³-hybridized carbons (Fsp3) is 0. The van der Waals surface area contributed by atoms with Gasteiger partial charge in [0, 0.05) is 17.8 Å². The molecule has 21 heavy (non-hydrogen) atoms. The van der Waals surface area contributed by atoms with Crippen molar-refractivity contribution in [2.24, 2.45) is 0 Å². The van der Waals surface area contributed by atoms with E-state index in [2.05, 4.69) is 11.9 Å². The van der Waals surface area contributed by atoms with Crippen LogP contribution < -0.4 is 10.7 Å². The molecule has 1 amide bonds. The average Bonchev–Trinajstić information content (AvgIpc) is 2.47. The van der Waals surface area contributed by atoms with Crippen LogP contribution in [-0.4, -0.2) is 17.0 Å². The number of benzene rings is 1. The van der Waals surface area contributed by atoms with Crippen molar-refractivity contribution in [1.82, 2.24) is 0 Å². The molecule has 0 bridgehead atoms. The first-order valence-corrected chi connectivity index (χ1v) is 5.92. The van der Waals surface area contributed by atoms with Gasteiger partial charge in [-0.3, -0.25) is 9.59 Å². The number of carbonyl (C=O) groups is 2. The van der Waals surface area contributed by atoms with Crippen molar-refractivity contribution in [2.45, 2.75) is 0 Å². The SMILES string of the molecule is C=Cc1ccc(NC(=O)c2cc(=O)cc(C(=O)O)o2)cc1. The Morgan fingerprint density at radius 3 is 2.33 bits per heavy atom. The lowest BCUT2D eigenvalue weighted by Crippen LogP contribution is -2.16. The van der Waals surface area contributed by atoms with Gasteiger partial charge in [-0.25, -0.2) is 4.79 Å². The zero-order valence-corrected chi connectivity index (χ0v) is 10.8. The maximum atomic E-state index is 11.9. The molecular weight excluding hydrogens is 274 g/mol. The van der Waals surface area contributed by atoms with Crippen LogP contribution >= 0.6 is 0 Å². The van der Waals surface area contributed by atoms with Gasteiger partial charge in [0.2, 0.25) is 5.76 Å². The van der Waals surface area contributed by atoms with Crippen LogP contribution in [0.15, 0.2) is 52.2 Å². The van der Waals surface area contributed by atoms with Crippen LogP contribution in [0.5, 0.6) is 0 Å². The topological polar surface area (TPSA) is 96.6 Å². The lowest BCUT2D eigenvalue weighted by atomic mass is 10.2. The average molecular weight is 285 g/mol. The van der Waals surface area contributed by atoms with E-state index in [1.165, 1.54) is 0 Å². The van der Waals surface area contributed by atoms with Gasteiger partial charge in [-0.05, 0) is 17.7 Å². The Bertz CT molecular complexity index is 758. The van der Waals surface area contributed by atoms with Crippen LogP contribution in [0.1, 0.15) is 26.7 Å². The van der Waals surface area contributed by atoms with Crippen molar-refractivity contribution >= 4 is 23.6 Å². The summed E-state index contributed by atoms with van der Waals surface area (Å²) in [6, 6.07) is 8.51.